The summed E-state index contributed by atoms with van der Waals surface area (Å²) >= 11 is 1.20. The normalized spacial score (nSPS) is 19.4. The number of piperidine rings is 1. The molecule has 6 heteroatoms. The summed E-state index contributed by atoms with van der Waals surface area (Å²) in [7, 11) is 0. The highest BCUT2D eigenvalue weighted by molar-refractivity contribution is 7.09. The summed E-state index contributed by atoms with van der Waals surface area (Å²) in [4.78, 5) is 24.5. The van der Waals surface area contributed by atoms with Gasteiger partial charge in [0, 0.05) is 17.1 Å². The van der Waals surface area contributed by atoms with Crippen LogP contribution in [0.15, 0.2) is 4.79 Å². The molecule has 19 heavy (non-hydrogen) atoms. The molecule has 0 aliphatic carbocycles. The fourth-order valence-corrected chi connectivity index (χ4v) is 3.16. The first kappa shape index (κ1) is 14.3. The van der Waals surface area contributed by atoms with E-state index in [2.05, 4.69) is 10.6 Å². The molecule has 106 valence electrons. The van der Waals surface area contributed by atoms with Gasteiger partial charge in [-0.15, -0.1) is 0 Å². The summed E-state index contributed by atoms with van der Waals surface area (Å²) in [6.45, 7) is 6.66. The maximum atomic E-state index is 11.9. The summed E-state index contributed by atoms with van der Waals surface area (Å²) < 4.78 is 1.55. The molecular weight excluding hydrogens is 262 g/mol. The maximum Gasteiger partial charge on any atom is 0.308 e. The van der Waals surface area contributed by atoms with Gasteiger partial charge in [0.1, 0.15) is 6.54 Å². The molecule has 0 bridgehead atoms. The number of carbonyl (C=O) groups is 1. The van der Waals surface area contributed by atoms with Gasteiger partial charge in [-0.3, -0.25) is 14.2 Å². The molecule has 1 amide bonds. The van der Waals surface area contributed by atoms with Gasteiger partial charge in [0.15, 0.2) is 0 Å². The highest BCUT2D eigenvalue weighted by Gasteiger charge is 2.15. The lowest BCUT2D eigenvalue weighted by molar-refractivity contribution is -0.121. The Morgan fingerprint density at radius 2 is 2.32 bits per heavy atom. The average molecular weight is 283 g/mol. The van der Waals surface area contributed by atoms with Crippen LogP contribution >= 0.6 is 11.3 Å². The third-order valence-corrected chi connectivity index (χ3v) is 4.66. The molecule has 1 atom stereocenters. The van der Waals surface area contributed by atoms with E-state index in [0.29, 0.717) is 12.5 Å². The number of thiazole rings is 1. The average Bonchev–Trinajstić information content (AvgIpc) is 2.64. The summed E-state index contributed by atoms with van der Waals surface area (Å²) in [6, 6.07) is 0. The van der Waals surface area contributed by atoms with Crippen molar-refractivity contribution in [2.24, 2.45) is 5.92 Å². The monoisotopic (exact) mass is 283 g/mol. The second-order valence-electron chi connectivity index (χ2n) is 5.11. The van der Waals surface area contributed by atoms with Crippen molar-refractivity contribution in [3.63, 3.8) is 0 Å². The lowest BCUT2D eigenvalue weighted by atomic mass is 10.00. The first-order chi connectivity index (χ1) is 9.08. The molecule has 1 aliphatic heterocycles. The van der Waals surface area contributed by atoms with Gasteiger partial charge in [-0.1, -0.05) is 11.3 Å². The Morgan fingerprint density at radius 3 is 2.89 bits per heavy atom. The highest BCUT2D eigenvalue weighted by atomic mass is 32.1. The second-order valence-corrected chi connectivity index (χ2v) is 6.28. The minimum absolute atomic E-state index is 0.0514. The standard InChI is InChI=1S/C13H21N3O2S/c1-9-10(2)19-13(18)16(9)8-12(17)15-7-11-4-3-5-14-6-11/h11,14H,3-8H2,1-2H3,(H,15,17). The molecule has 0 saturated carbocycles. The van der Waals surface area contributed by atoms with Crippen molar-refractivity contribution in [3.05, 3.63) is 20.2 Å². The van der Waals surface area contributed by atoms with Crippen LogP contribution in [0.2, 0.25) is 0 Å². The molecule has 1 fully saturated rings. The van der Waals surface area contributed by atoms with Gasteiger partial charge in [-0.2, -0.15) is 0 Å². The minimum atomic E-state index is -0.0754. The van der Waals surface area contributed by atoms with Crippen LogP contribution in [0.3, 0.4) is 0 Å². The van der Waals surface area contributed by atoms with E-state index in [1.54, 1.807) is 4.57 Å². The van der Waals surface area contributed by atoms with E-state index in [0.717, 1.165) is 30.1 Å². The predicted octanol–water partition coefficient (Wildman–Crippen LogP) is 0.642. The molecule has 2 rings (SSSR count). The van der Waals surface area contributed by atoms with Crippen molar-refractivity contribution in [2.75, 3.05) is 19.6 Å². The Labute approximate surface area is 117 Å². The van der Waals surface area contributed by atoms with E-state index < -0.39 is 0 Å². The van der Waals surface area contributed by atoms with E-state index >= 15 is 0 Å². The number of nitrogens with zero attached hydrogens (tertiary/aromatic N) is 1. The third-order valence-electron chi connectivity index (χ3n) is 3.66. The fourth-order valence-electron chi connectivity index (χ4n) is 2.33. The summed E-state index contributed by atoms with van der Waals surface area (Å²) in [5, 5.41) is 6.26. The van der Waals surface area contributed by atoms with Gasteiger partial charge < -0.3 is 10.6 Å². The van der Waals surface area contributed by atoms with Crippen molar-refractivity contribution >= 4 is 17.2 Å². The number of hydrogen-bond donors (Lipinski definition) is 2. The van der Waals surface area contributed by atoms with E-state index in [1.807, 2.05) is 13.8 Å². The molecule has 1 aliphatic rings. The predicted molar refractivity (Wildman–Crippen MR) is 76.7 cm³/mol. The zero-order chi connectivity index (χ0) is 13.8. The molecule has 2 heterocycles. The first-order valence-electron chi connectivity index (χ1n) is 6.72. The topological polar surface area (TPSA) is 63.1 Å². The van der Waals surface area contributed by atoms with Crippen LogP contribution in [-0.2, 0) is 11.3 Å². The largest absolute Gasteiger partial charge is 0.354 e. The Hall–Kier alpha value is -1.14. The highest BCUT2D eigenvalue weighted by Crippen LogP contribution is 2.10. The number of nitrogens with one attached hydrogen (secondary N) is 2. The van der Waals surface area contributed by atoms with Crippen LogP contribution in [0.4, 0.5) is 0 Å². The van der Waals surface area contributed by atoms with Crippen LogP contribution in [0.5, 0.6) is 0 Å². The number of amides is 1. The van der Waals surface area contributed by atoms with Crippen molar-refractivity contribution in [1.82, 2.24) is 15.2 Å². The van der Waals surface area contributed by atoms with Gasteiger partial charge >= 0.3 is 4.87 Å². The van der Waals surface area contributed by atoms with Gasteiger partial charge in [0.2, 0.25) is 5.91 Å². The van der Waals surface area contributed by atoms with Gasteiger partial charge in [-0.25, -0.2) is 0 Å². The smallest absolute Gasteiger partial charge is 0.308 e. The maximum absolute atomic E-state index is 11.9. The van der Waals surface area contributed by atoms with Crippen LogP contribution in [-0.4, -0.2) is 30.1 Å². The summed E-state index contributed by atoms with van der Waals surface area (Å²) in [5.74, 6) is 0.438. The number of aromatic nitrogens is 1. The van der Waals surface area contributed by atoms with E-state index in [4.69, 9.17) is 0 Å². The zero-order valence-electron chi connectivity index (χ0n) is 11.5. The number of carbonyl (C=O) groups excluding carboxylic acids is 1. The summed E-state index contributed by atoms with van der Waals surface area (Å²) in [6.07, 6.45) is 2.33. The van der Waals surface area contributed by atoms with Crippen molar-refractivity contribution in [2.45, 2.75) is 33.2 Å². The molecule has 0 spiro atoms. The van der Waals surface area contributed by atoms with Crippen LogP contribution in [0, 0.1) is 19.8 Å². The first-order valence-corrected chi connectivity index (χ1v) is 7.54. The van der Waals surface area contributed by atoms with Crippen molar-refractivity contribution in [1.29, 1.82) is 0 Å². The Balaban J connectivity index is 1.85. The minimum Gasteiger partial charge on any atom is -0.354 e. The zero-order valence-corrected chi connectivity index (χ0v) is 12.3. The molecule has 0 radical (unpaired) electrons. The molecule has 1 saturated heterocycles. The number of aryl methyl sites for hydroxylation is 1. The molecule has 1 unspecified atom stereocenters. The van der Waals surface area contributed by atoms with Crippen LogP contribution in [0.25, 0.3) is 0 Å². The van der Waals surface area contributed by atoms with Crippen molar-refractivity contribution in [3.8, 4) is 0 Å². The Morgan fingerprint density at radius 1 is 1.53 bits per heavy atom. The van der Waals surface area contributed by atoms with Gasteiger partial charge in [0.25, 0.3) is 0 Å². The van der Waals surface area contributed by atoms with E-state index in [1.165, 1.54) is 17.8 Å². The SMILES string of the molecule is Cc1sc(=O)n(CC(=O)NCC2CCCNC2)c1C. The molecule has 1 aromatic heterocycles. The lowest BCUT2D eigenvalue weighted by Gasteiger charge is -2.22. The Bertz CT molecular complexity index is 500. The van der Waals surface area contributed by atoms with Crippen molar-refractivity contribution < 1.29 is 4.79 Å². The number of hydrogen-bond acceptors (Lipinski definition) is 4. The Kier molecular flexibility index (Phi) is 4.76. The third kappa shape index (κ3) is 3.67. The quantitative estimate of drug-likeness (QED) is 0.852. The number of rotatable bonds is 4. The van der Waals surface area contributed by atoms with Crippen LogP contribution in [0.1, 0.15) is 23.4 Å². The molecule has 5 nitrogen and oxygen atoms in total. The molecular formula is C13H21N3O2S. The molecule has 1 aromatic rings. The van der Waals surface area contributed by atoms with Crippen LogP contribution < -0.4 is 15.5 Å². The van der Waals surface area contributed by atoms with Gasteiger partial charge in [-0.05, 0) is 45.7 Å². The fraction of sp³-hybridized carbons (Fsp3) is 0.692. The molecule has 2 N–H and O–H groups in total. The van der Waals surface area contributed by atoms with E-state index in [-0.39, 0.29) is 17.3 Å². The molecule has 0 aromatic carbocycles. The lowest BCUT2D eigenvalue weighted by Crippen LogP contribution is -2.39. The summed E-state index contributed by atoms with van der Waals surface area (Å²) in [5.41, 5.74) is 0.893. The van der Waals surface area contributed by atoms with E-state index in [9.17, 15) is 9.59 Å². The second kappa shape index (κ2) is 6.34. The van der Waals surface area contributed by atoms with Gasteiger partial charge in [0.05, 0.1) is 0 Å².